The van der Waals surface area contributed by atoms with Crippen molar-refractivity contribution >= 4 is 0 Å². The second-order valence-corrected chi connectivity index (χ2v) is 2.78. The molecule has 0 heterocycles. The summed E-state index contributed by atoms with van der Waals surface area (Å²) < 4.78 is 0. The maximum absolute atomic E-state index is 2.26. The number of hydrogen-bond acceptors (Lipinski definition) is 0. The van der Waals surface area contributed by atoms with Gasteiger partial charge >= 0.3 is 26.2 Å². The molecule has 0 bridgehead atoms. The fourth-order valence-corrected chi connectivity index (χ4v) is 1.61. The number of aryl methyl sites for hydroxylation is 2. The van der Waals surface area contributed by atoms with Gasteiger partial charge in [0.25, 0.3) is 0 Å². The third kappa shape index (κ3) is 3.28. The molecule has 0 fully saturated rings. The first-order valence-corrected chi connectivity index (χ1v) is 3.70. The van der Waals surface area contributed by atoms with Crippen LogP contribution < -0.4 is 24.8 Å². The summed E-state index contributed by atoms with van der Waals surface area (Å²) in [6.07, 6.45) is 5.44. The summed E-state index contributed by atoms with van der Waals surface area (Å²) in [6, 6.07) is 6.69. The standard InChI is InChI=1S/C9H11.2ClH.Zr/c1-2-5-9-7-3-6-8(9)4-1;;;/h3,6-7H,1-2,4-5H2;2*1H;/q-1;;;+4/p-2. The van der Waals surface area contributed by atoms with E-state index in [-0.39, 0.29) is 51.0 Å². The molecule has 0 aliphatic heterocycles. The molecule has 0 nitrogen and oxygen atoms in total. The predicted molar refractivity (Wildman–Crippen MR) is 38.7 cm³/mol. The quantitative estimate of drug-likeness (QED) is 0.429. The zero-order valence-electron chi connectivity index (χ0n) is 6.82. The fraction of sp³-hybridized carbons (Fsp3) is 0.444. The van der Waals surface area contributed by atoms with E-state index in [2.05, 4.69) is 18.2 Å². The predicted octanol–water partition coefficient (Wildman–Crippen LogP) is -3.71. The molecule has 0 amide bonds. The van der Waals surface area contributed by atoms with Crippen LogP contribution in [0.4, 0.5) is 0 Å². The Hall–Kier alpha value is 0.813. The molecule has 2 rings (SSSR count). The van der Waals surface area contributed by atoms with Gasteiger partial charge in [-0.05, 0) is 0 Å². The summed E-state index contributed by atoms with van der Waals surface area (Å²) in [5, 5.41) is 0. The molecule has 1 aromatic rings. The second-order valence-electron chi connectivity index (χ2n) is 2.78. The molecule has 0 saturated carbocycles. The van der Waals surface area contributed by atoms with Crippen LogP contribution in [-0.2, 0) is 39.0 Å². The van der Waals surface area contributed by atoms with Gasteiger partial charge in [-0.2, -0.15) is 23.3 Å². The van der Waals surface area contributed by atoms with Crippen LogP contribution in [0.25, 0.3) is 0 Å². The molecule has 12 heavy (non-hydrogen) atoms. The maximum atomic E-state index is 2.26. The van der Waals surface area contributed by atoms with Crippen molar-refractivity contribution in [2.24, 2.45) is 0 Å². The molecule has 1 aliphatic carbocycles. The van der Waals surface area contributed by atoms with Crippen molar-refractivity contribution in [1.29, 1.82) is 0 Å². The monoisotopic (exact) mass is 279 g/mol. The summed E-state index contributed by atoms with van der Waals surface area (Å²) in [7, 11) is 0. The van der Waals surface area contributed by atoms with E-state index < -0.39 is 0 Å². The van der Waals surface area contributed by atoms with Gasteiger partial charge in [0, 0.05) is 0 Å². The summed E-state index contributed by atoms with van der Waals surface area (Å²) in [5.41, 5.74) is 3.20. The number of hydrogen-bond donors (Lipinski definition) is 0. The third-order valence-corrected chi connectivity index (χ3v) is 2.15. The molecular formula is C9H11Cl2Zr+. The number of fused-ring (bicyclic) bond motifs is 1. The Morgan fingerprint density at radius 3 is 2.42 bits per heavy atom. The largest absolute Gasteiger partial charge is 4.00 e. The molecule has 0 N–H and O–H groups in total. The average Bonchev–Trinajstić information content (AvgIpc) is 2.33. The Morgan fingerprint density at radius 1 is 1.08 bits per heavy atom. The normalized spacial score (nSPS) is 13.0. The SMILES string of the molecule is [Cl-].[Cl-].[Zr+4].c1cc2c([cH-]1)CCCC2. The molecule has 0 radical (unpaired) electrons. The van der Waals surface area contributed by atoms with Crippen LogP contribution in [0.15, 0.2) is 18.2 Å². The van der Waals surface area contributed by atoms with E-state index in [0.717, 1.165) is 0 Å². The van der Waals surface area contributed by atoms with Crippen molar-refractivity contribution in [3.8, 4) is 0 Å². The van der Waals surface area contributed by atoms with Crippen molar-refractivity contribution in [3.05, 3.63) is 29.3 Å². The molecule has 0 atom stereocenters. The van der Waals surface area contributed by atoms with Crippen molar-refractivity contribution < 1.29 is 51.0 Å². The van der Waals surface area contributed by atoms with Crippen LogP contribution in [-0.4, -0.2) is 0 Å². The third-order valence-electron chi connectivity index (χ3n) is 2.15. The van der Waals surface area contributed by atoms with E-state index in [1.165, 1.54) is 25.7 Å². The Morgan fingerprint density at radius 2 is 1.75 bits per heavy atom. The van der Waals surface area contributed by atoms with Crippen LogP contribution in [0.5, 0.6) is 0 Å². The van der Waals surface area contributed by atoms with Crippen LogP contribution in [0.1, 0.15) is 24.0 Å². The van der Waals surface area contributed by atoms with E-state index in [9.17, 15) is 0 Å². The molecule has 64 valence electrons. The average molecular weight is 281 g/mol. The molecule has 0 unspecified atom stereocenters. The van der Waals surface area contributed by atoms with Gasteiger partial charge in [-0.1, -0.05) is 25.7 Å². The van der Waals surface area contributed by atoms with E-state index >= 15 is 0 Å². The molecular weight excluding hydrogens is 270 g/mol. The molecule has 0 aromatic heterocycles. The minimum absolute atomic E-state index is 0. The van der Waals surface area contributed by atoms with E-state index in [4.69, 9.17) is 0 Å². The van der Waals surface area contributed by atoms with Crippen LogP contribution in [0, 0.1) is 0 Å². The Kier molecular flexibility index (Phi) is 9.23. The van der Waals surface area contributed by atoms with Gasteiger partial charge in [0.15, 0.2) is 0 Å². The first-order valence-electron chi connectivity index (χ1n) is 3.70. The van der Waals surface area contributed by atoms with E-state index in [1.807, 2.05) is 0 Å². The van der Waals surface area contributed by atoms with Gasteiger partial charge in [-0.25, -0.2) is 6.07 Å². The minimum Gasteiger partial charge on any atom is -1.00 e. The maximum Gasteiger partial charge on any atom is 4.00 e. The van der Waals surface area contributed by atoms with Crippen molar-refractivity contribution in [3.63, 3.8) is 0 Å². The van der Waals surface area contributed by atoms with Gasteiger partial charge in [0.05, 0.1) is 0 Å². The molecule has 0 saturated heterocycles. The van der Waals surface area contributed by atoms with Gasteiger partial charge in [0.1, 0.15) is 0 Å². The van der Waals surface area contributed by atoms with Crippen molar-refractivity contribution in [2.75, 3.05) is 0 Å². The Labute approximate surface area is 105 Å². The number of halogens is 2. The Balaban J connectivity index is 0. The van der Waals surface area contributed by atoms with E-state index in [1.54, 1.807) is 11.1 Å². The minimum atomic E-state index is 0. The first kappa shape index (κ1) is 15.3. The molecule has 0 spiro atoms. The summed E-state index contributed by atoms with van der Waals surface area (Å²) >= 11 is 0. The van der Waals surface area contributed by atoms with Gasteiger partial charge in [0.2, 0.25) is 0 Å². The molecule has 1 aliphatic rings. The van der Waals surface area contributed by atoms with Crippen molar-refractivity contribution in [2.45, 2.75) is 25.7 Å². The zero-order chi connectivity index (χ0) is 6.10. The molecule has 3 heteroatoms. The van der Waals surface area contributed by atoms with Gasteiger partial charge in [-0.15, -0.1) is 0 Å². The fourth-order valence-electron chi connectivity index (χ4n) is 1.61. The molecule has 1 aromatic carbocycles. The smallest absolute Gasteiger partial charge is 1.00 e. The summed E-state index contributed by atoms with van der Waals surface area (Å²) in [5.74, 6) is 0. The topological polar surface area (TPSA) is 0 Å². The first-order chi connectivity index (χ1) is 4.47. The van der Waals surface area contributed by atoms with Crippen molar-refractivity contribution in [1.82, 2.24) is 0 Å². The van der Waals surface area contributed by atoms with Crippen LogP contribution in [0.3, 0.4) is 0 Å². The van der Waals surface area contributed by atoms with Gasteiger partial charge < -0.3 is 24.8 Å². The zero-order valence-corrected chi connectivity index (χ0v) is 10.8. The Bertz CT molecular complexity index is 188. The van der Waals surface area contributed by atoms with Crippen LogP contribution >= 0.6 is 0 Å². The summed E-state index contributed by atoms with van der Waals surface area (Å²) in [4.78, 5) is 0. The number of rotatable bonds is 0. The summed E-state index contributed by atoms with van der Waals surface area (Å²) in [6.45, 7) is 0. The van der Waals surface area contributed by atoms with Crippen LogP contribution in [0.2, 0.25) is 0 Å². The second kappa shape index (κ2) is 7.24. The van der Waals surface area contributed by atoms with E-state index in [0.29, 0.717) is 0 Å². The van der Waals surface area contributed by atoms with Gasteiger partial charge in [-0.3, -0.25) is 0 Å².